The summed E-state index contributed by atoms with van der Waals surface area (Å²) in [5.41, 5.74) is 0.462. The maximum atomic E-state index is 13.8. The fourth-order valence-corrected chi connectivity index (χ4v) is 4.15. The number of para-hydroxylation sites is 2. The lowest BCUT2D eigenvalue weighted by Crippen LogP contribution is -2.54. The molecule has 0 aliphatic heterocycles. The molecule has 2 unspecified atom stereocenters. The van der Waals surface area contributed by atoms with Gasteiger partial charge in [0, 0.05) is 12.1 Å². The SMILES string of the molecule is CCCCCN(C(=O)C(CO)NC(=O)OC(C)(C)C)C(C(=O)Nc1c(C)cccc1Cl)c1ccccc1O. The number of halogens is 1. The van der Waals surface area contributed by atoms with Crippen LogP contribution in [-0.4, -0.2) is 57.8 Å². The summed E-state index contributed by atoms with van der Waals surface area (Å²) in [5, 5.41) is 26.3. The summed E-state index contributed by atoms with van der Waals surface area (Å²) in [7, 11) is 0. The molecule has 9 nitrogen and oxygen atoms in total. The third-order valence-electron chi connectivity index (χ3n) is 5.72. The van der Waals surface area contributed by atoms with Gasteiger partial charge in [0.15, 0.2) is 0 Å². The number of aromatic hydroxyl groups is 1. The van der Waals surface area contributed by atoms with Crippen LogP contribution in [0.5, 0.6) is 5.75 Å². The summed E-state index contributed by atoms with van der Waals surface area (Å²) in [6.07, 6.45) is 1.29. The highest BCUT2D eigenvalue weighted by atomic mass is 35.5. The number of phenols is 1. The zero-order chi connectivity index (χ0) is 28.5. The molecule has 0 bridgehead atoms. The molecule has 0 heterocycles. The maximum absolute atomic E-state index is 13.8. The van der Waals surface area contributed by atoms with Crippen molar-refractivity contribution in [3.63, 3.8) is 0 Å². The summed E-state index contributed by atoms with van der Waals surface area (Å²) in [4.78, 5) is 41.3. The Kier molecular flexibility index (Phi) is 11.4. The zero-order valence-electron chi connectivity index (χ0n) is 22.6. The molecule has 2 atom stereocenters. The first-order valence-electron chi connectivity index (χ1n) is 12.6. The lowest BCUT2D eigenvalue weighted by molar-refractivity contribution is -0.141. The number of aliphatic hydroxyl groups excluding tert-OH is 1. The molecule has 0 saturated carbocycles. The zero-order valence-corrected chi connectivity index (χ0v) is 23.3. The Balaban J connectivity index is 2.53. The van der Waals surface area contributed by atoms with Crippen LogP contribution in [0.4, 0.5) is 10.5 Å². The van der Waals surface area contributed by atoms with Gasteiger partial charge in [0.2, 0.25) is 5.91 Å². The standard InChI is InChI=1S/C28H38ClN3O6/c1-6-7-10-16-32(26(36)21(17-33)30-27(37)38-28(3,4)5)24(19-13-8-9-15-22(19)34)25(35)31-23-18(2)12-11-14-20(23)29/h8-9,11-15,21,24,33-34H,6-7,10,16-17H2,1-5H3,(H,30,37)(H,31,35). The van der Waals surface area contributed by atoms with E-state index < -0.39 is 42.2 Å². The molecular weight excluding hydrogens is 510 g/mol. The van der Waals surface area contributed by atoms with Crippen molar-refractivity contribution in [2.75, 3.05) is 18.5 Å². The number of ether oxygens (including phenoxy) is 1. The number of alkyl carbamates (subject to hydrolysis) is 1. The monoisotopic (exact) mass is 547 g/mol. The number of nitrogens with zero attached hydrogens (tertiary/aromatic N) is 1. The van der Waals surface area contributed by atoms with Crippen molar-refractivity contribution in [1.29, 1.82) is 0 Å². The second-order valence-electron chi connectivity index (χ2n) is 10.0. The van der Waals surface area contributed by atoms with E-state index in [1.807, 2.05) is 6.92 Å². The van der Waals surface area contributed by atoms with Gasteiger partial charge in [-0.25, -0.2) is 4.79 Å². The van der Waals surface area contributed by atoms with Crippen LogP contribution in [-0.2, 0) is 14.3 Å². The molecule has 0 aromatic heterocycles. The third kappa shape index (κ3) is 8.63. The Bertz CT molecular complexity index is 1100. The van der Waals surface area contributed by atoms with Crippen molar-refractivity contribution >= 4 is 35.2 Å². The smallest absolute Gasteiger partial charge is 0.408 e. The van der Waals surface area contributed by atoms with Gasteiger partial charge >= 0.3 is 6.09 Å². The van der Waals surface area contributed by atoms with E-state index in [1.165, 1.54) is 11.0 Å². The van der Waals surface area contributed by atoms with E-state index in [1.54, 1.807) is 64.1 Å². The average molecular weight is 548 g/mol. The fourth-order valence-electron chi connectivity index (χ4n) is 3.89. The molecule has 0 aliphatic rings. The highest BCUT2D eigenvalue weighted by Gasteiger charge is 2.37. The van der Waals surface area contributed by atoms with Crippen LogP contribution in [0.3, 0.4) is 0 Å². The Hall–Kier alpha value is -3.30. The summed E-state index contributed by atoms with van der Waals surface area (Å²) >= 11 is 6.34. The quantitative estimate of drug-likeness (QED) is 0.295. The van der Waals surface area contributed by atoms with Crippen molar-refractivity contribution in [3.8, 4) is 5.75 Å². The lowest BCUT2D eigenvalue weighted by atomic mass is 10.0. The average Bonchev–Trinajstić information content (AvgIpc) is 2.83. The minimum absolute atomic E-state index is 0.132. The third-order valence-corrected chi connectivity index (χ3v) is 6.03. The molecule has 0 aliphatic carbocycles. The number of rotatable bonds is 11. The number of carbonyl (C=O) groups is 3. The van der Waals surface area contributed by atoms with Crippen LogP contribution in [0, 0.1) is 6.92 Å². The normalized spacial score (nSPS) is 12.8. The van der Waals surface area contributed by atoms with Gasteiger partial charge in [0.05, 0.1) is 17.3 Å². The first-order chi connectivity index (χ1) is 17.9. The number of nitrogens with one attached hydrogen (secondary N) is 2. The first kappa shape index (κ1) is 30.9. The fraction of sp³-hybridized carbons (Fsp3) is 0.464. The van der Waals surface area contributed by atoms with E-state index in [-0.39, 0.29) is 17.9 Å². The molecule has 0 spiro atoms. The minimum atomic E-state index is -1.38. The highest BCUT2D eigenvalue weighted by molar-refractivity contribution is 6.34. The van der Waals surface area contributed by atoms with Crippen molar-refractivity contribution in [1.82, 2.24) is 10.2 Å². The number of benzene rings is 2. The molecule has 2 rings (SSSR count). The largest absolute Gasteiger partial charge is 0.508 e. The van der Waals surface area contributed by atoms with Gasteiger partial charge in [-0.3, -0.25) is 9.59 Å². The number of aryl methyl sites for hydroxylation is 1. The van der Waals surface area contributed by atoms with Crippen molar-refractivity contribution in [2.45, 2.75) is 71.6 Å². The predicted molar refractivity (Wildman–Crippen MR) is 147 cm³/mol. The molecule has 38 heavy (non-hydrogen) atoms. The molecule has 0 saturated heterocycles. The number of hydrogen-bond acceptors (Lipinski definition) is 6. The molecule has 2 aromatic rings. The second-order valence-corrected chi connectivity index (χ2v) is 10.4. The van der Waals surface area contributed by atoms with Gasteiger partial charge in [-0.05, 0) is 51.8 Å². The Labute approximate surface area is 229 Å². The summed E-state index contributed by atoms with van der Waals surface area (Å²) in [6.45, 7) is 8.22. The van der Waals surface area contributed by atoms with Gasteiger partial charge in [-0.15, -0.1) is 0 Å². The van der Waals surface area contributed by atoms with E-state index >= 15 is 0 Å². The Morgan fingerprint density at radius 2 is 1.76 bits per heavy atom. The van der Waals surface area contributed by atoms with Gasteiger partial charge in [-0.2, -0.15) is 0 Å². The summed E-state index contributed by atoms with van der Waals surface area (Å²) < 4.78 is 5.25. The van der Waals surface area contributed by atoms with Crippen LogP contribution in [0.25, 0.3) is 0 Å². The number of phenolic OH excluding ortho intramolecular Hbond substituents is 1. The van der Waals surface area contributed by atoms with E-state index in [0.29, 0.717) is 22.7 Å². The number of amides is 3. The molecule has 2 aromatic carbocycles. The van der Waals surface area contributed by atoms with E-state index in [4.69, 9.17) is 16.3 Å². The predicted octanol–water partition coefficient (Wildman–Crippen LogP) is 4.94. The number of aliphatic hydroxyl groups is 1. The lowest BCUT2D eigenvalue weighted by Gasteiger charge is -2.34. The first-order valence-corrected chi connectivity index (χ1v) is 13.0. The van der Waals surface area contributed by atoms with Crippen LogP contribution < -0.4 is 10.6 Å². The van der Waals surface area contributed by atoms with Crippen LogP contribution in [0.1, 0.15) is 64.1 Å². The van der Waals surface area contributed by atoms with Gasteiger partial charge < -0.3 is 30.5 Å². The minimum Gasteiger partial charge on any atom is -0.508 e. The maximum Gasteiger partial charge on any atom is 0.408 e. The molecular formula is C28H38ClN3O6. The summed E-state index contributed by atoms with van der Waals surface area (Å²) in [5.74, 6) is -1.49. The number of carbonyl (C=O) groups excluding carboxylic acids is 3. The highest BCUT2D eigenvalue weighted by Crippen LogP contribution is 2.33. The molecule has 10 heteroatoms. The molecule has 4 N–H and O–H groups in total. The number of hydrogen-bond donors (Lipinski definition) is 4. The van der Waals surface area contributed by atoms with Crippen molar-refractivity contribution in [2.24, 2.45) is 0 Å². The van der Waals surface area contributed by atoms with Crippen LogP contribution in [0.15, 0.2) is 42.5 Å². The Morgan fingerprint density at radius 3 is 2.34 bits per heavy atom. The van der Waals surface area contributed by atoms with Crippen LogP contribution >= 0.6 is 11.6 Å². The Morgan fingerprint density at radius 1 is 1.08 bits per heavy atom. The van der Waals surface area contributed by atoms with E-state index in [0.717, 1.165) is 12.8 Å². The number of unbranched alkanes of at least 4 members (excludes halogenated alkanes) is 2. The molecule has 0 fully saturated rings. The summed E-state index contributed by atoms with van der Waals surface area (Å²) in [6, 6.07) is 8.73. The van der Waals surface area contributed by atoms with E-state index in [2.05, 4.69) is 10.6 Å². The topological polar surface area (TPSA) is 128 Å². The van der Waals surface area contributed by atoms with Crippen molar-refractivity contribution in [3.05, 3.63) is 58.6 Å². The van der Waals surface area contributed by atoms with Gasteiger partial charge in [-0.1, -0.05) is 61.7 Å². The van der Waals surface area contributed by atoms with Gasteiger partial charge in [0.1, 0.15) is 23.4 Å². The molecule has 208 valence electrons. The molecule has 3 amide bonds. The van der Waals surface area contributed by atoms with Gasteiger partial charge in [0.25, 0.3) is 5.91 Å². The van der Waals surface area contributed by atoms with Crippen LogP contribution in [0.2, 0.25) is 5.02 Å². The second kappa shape index (κ2) is 14.0. The molecule has 0 radical (unpaired) electrons. The van der Waals surface area contributed by atoms with E-state index in [9.17, 15) is 24.6 Å². The van der Waals surface area contributed by atoms with Crippen molar-refractivity contribution < 1.29 is 29.3 Å². The number of anilines is 1.